The first-order valence-corrected chi connectivity index (χ1v) is 6.98. The summed E-state index contributed by atoms with van der Waals surface area (Å²) >= 11 is 0. The number of carboxylic acids is 1. The van der Waals surface area contributed by atoms with Crippen molar-refractivity contribution < 1.29 is 9.90 Å². The van der Waals surface area contributed by atoms with Crippen LogP contribution in [-0.2, 0) is 17.8 Å². The van der Waals surface area contributed by atoms with Crippen LogP contribution in [0.4, 0.5) is 0 Å². The molecular weight excluding hydrogens is 252 g/mol. The van der Waals surface area contributed by atoms with Crippen molar-refractivity contribution >= 4 is 5.97 Å². The summed E-state index contributed by atoms with van der Waals surface area (Å²) in [6.45, 7) is 2.94. The van der Waals surface area contributed by atoms with Crippen LogP contribution in [0.5, 0.6) is 0 Å². The van der Waals surface area contributed by atoms with Crippen LogP contribution in [0, 0.1) is 6.92 Å². The van der Waals surface area contributed by atoms with E-state index in [-0.39, 0.29) is 0 Å². The Bertz CT molecular complexity index is 628. The van der Waals surface area contributed by atoms with E-state index in [9.17, 15) is 9.90 Å². The first kappa shape index (κ1) is 12.9. The van der Waals surface area contributed by atoms with E-state index in [1.807, 2.05) is 0 Å². The first-order valence-electron chi connectivity index (χ1n) is 6.98. The third kappa shape index (κ3) is 2.33. The van der Waals surface area contributed by atoms with E-state index in [2.05, 4.69) is 40.7 Å². The second-order valence-electron chi connectivity index (χ2n) is 5.45. The minimum atomic E-state index is -0.743. The Labute approximate surface area is 118 Å². The number of benzene rings is 1. The van der Waals surface area contributed by atoms with Crippen LogP contribution in [0.25, 0.3) is 0 Å². The fourth-order valence-electron chi connectivity index (χ4n) is 2.85. The van der Waals surface area contributed by atoms with Crippen molar-refractivity contribution in [2.24, 2.45) is 0 Å². The van der Waals surface area contributed by atoms with Crippen molar-refractivity contribution in [3.63, 3.8) is 0 Å². The molecule has 0 fully saturated rings. The summed E-state index contributed by atoms with van der Waals surface area (Å²) in [6, 6.07) is 8.40. The summed E-state index contributed by atoms with van der Waals surface area (Å²) < 4.78 is 2.09. The largest absolute Gasteiger partial charge is 0.481 e. The molecule has 1 unspecified atom stereocenters. The number of nitrogens with zero attached hydrogens (tertiary/aromatic N) is 2. The smallest absolute Gasteiger partial charge is 0.312 e. The molecule has 4 nitrogen and oxygen atoms in total. The third-order valence-corrected chi connectivity index (χ3v) is 3.98. The monoisotopic (exact) mass is 270 g/mol. The minimum Gasteiger partial charge on any atom is -0.481 e. The van der Waals surface area contributed by atoms with Gasteiger partial charge in [0.1, 0.15) is 5.82 Å². The van der Waals surface area contributed by atoms with E-state index in [0.717, 1.165) is 30.9 Å². The standard InChI is InChI=1S/C16H18N2O2/c1-11-4-6-12(7-5-11)9-15-17-10-14-13(16(19)20)3-2-8-18(14)15/h4-7,10,13H,2-3,8-9H2,1H3,(H,19,20). The summed E-state index contributed by atoms with van der Waals surface area (Å²) in [5.74, 6) is -0.175. The lowest BCUT2D eigenvalue weighted by Gasteiger charge is -2.22. The molecule has 0 saturated carbocycles. The van der Waals surface area contributed by atoms with Crippen molar-refractivity contribution in [1.29, 1.82) is 0 Å². The molecular formula is C16H18N2O2. The van der Waals surface area contributed by atoms with Gasteiger partial charge in [0.05, 0.1) is 11.6 Å². The van der Waals surface area contributed by atoms with E-state index in [1.54, 1.807) is 6.20 Å². The summed E-state index contributed by atoms with van der Waals surface area (Å²) in [4.78, 5) is 15.7. The summed E-state index contributed by atoms with van der Waals surface area (Å²) in [5.41, 5.74) is 3.30. The van der Waals surface area contributed by atoms with Crippen LogP contribution >= 0.6 is 0 Å². The molecule has 20 heavy (non-hydrogen) atoms. The maximum Gasteiger partial charge on any atom is 0.312 e. The van der Waals surface area contributed by atoms with Crippen molar-refractivity contribution in [1.82, 2.24) is 9.55 Å². The van der Waals surface area contributed by atoms with Crippen molar-refractivity contribution in [3.8, 4) is 0 Å². The first-order chi connectivity index (χ1) is 9.65. The molecule has 1 N–H and O–H groups in total. The molecule has 1 aliphatic heterocycles. The molecule has 0 radical (unpaired) electrons. The van der Waals surface area contributed by atoms with Crippen molar-refractivity contribution in [3.05, 3.63) is 53.1 Å². The molecule has 3 rings (SSSR count). The number of carbonyl (C=O) groups is 1. The maximum atomic E-state index is 11.3. The van der Waals surface area contributed by atoms with Gasteiger partial charge in [0.2, 0.25) is 0 Å². The number of aryl methyl sites for hydroxylation is 1. The van der Waals surface area contributed by atoms with Crippen molar-refractivity contribution in [2.75, 3.05) is 0 Å². The molecule has 0 spiro atoms. The van der Waals surface area contributed by atoms with Gasteiger partial charge in [-0.25, -0.2) is 4.98 Å². The third-order valence-electron chi connectivity index (χ3n) is 3.98. The van der Waals surface area contributed by atoms with Crippen LogP contribution in [0.3, 0.4) is 0 Å². The molecule has 2 aromatic rings. The fraction of sp³-hybridized carbons (Fsp3) is 0.375. The molecule has 0 saturated heterocycles. The van der Waals surface area contributed by atoms with Gasteiger partial charge in [-0.1, -0.05) is 29.8 Å². The zero-order chi connectivity index (χ0) is 14.1. The summed E-state index contributed by atoms with van der Waals surface area (Å²) in [6.07, 6.45) is 4.11. The van der Waals surface area contributed by atoms with Gasteiger partial charge in [-0.15, -0.1) is 0 Å². The predicted molar refractivity (Wildman–Crippen MR) is 75.8 cm³/mol. The Morgan fingerprint density at radius 2 is 2.15 bits per heavy atom. The van der Waals surface area contributed by atoms with Gasteiger partial charge in [-0.3, -0.25) is 4.79 Å². The number of carboxylic acid groups (broad SMARTS) is 1. The number of hydrogen-bond donors (Lipinski definition) is 1. The molecule has 2 heterocycles. The van der Waals surface area contributed by atoms with Crippen LogP contribution < -0.4 is 0 Å². The SMILES string of the molecule is Cc1ccc(Cc2ncc3n2CCCC3C(=O)O)cc1. The van der Waals surface area contributed by atoms with E-state index in [1.165, 1.54) is 11.1 Å². The average molecular weight is 270 g/mol. The molecule has 0 amide bonds. The summed E-state index contributed by atoms with van der Waals surface area (Å²) in [7, 11) is 0. The highest BCUT2D eigenvalue weighted by molar-refractivity contribution is 5.75. The normalized spacial score (nSPS) is 17.8. The Kier molecular flexibility index (Phi) is 3.30. The predicted octanol–water partition coefficient (Wildman–Crippen LogP) is 2.74. The van der Waals surface area contributed by atoms with E-state index >= 15 is 0 Å². The quantitative estimate of drug-likeness (QED) is 0.933. The Morgan fingerprint density at radius 3 is 2.85 bits per heavy atom. The molecule has 0 aliphatic carbocycles. The number of aromatic nitrogens is 2. The van der Waals surface area contributed by atoms with E-state index in [0.29, 0.717) is 6.42 Å². The molecule has 1 aliphatic rings. The number of imidazole rings is 1. The molecule has 1 aromatic carbocycles. The van der Waals surface area contributed by atoms with Crippen LogP contribution in [-0.4, -0.2) is 20.6 Å². The Morgan fingerprint density at radius 1 is 1.40 bits per heavy atom. The van der Waals surface area contributed by atoms with Gasteiger partial charge >= 0.3 is 5.97 Å². The van der Waals surface area contributed by atoms with E-state index in [4.69, 9.17) is 0 Å². The lowest BCUT2D eigenvalue weighted by molar-refractivity contribution is -0.139. The topological polar surface area (TPSA) is 55.1 Å². The van der Waals surface area contributed by atoms with Crippen LogP contribution in [0.2, 0.25) is 0 Å². The van der Waals surface area contributed by atoms with Crippen LogP contribution in [0.15, 0.2) is 30.5 Å². The van der Waals surface area contributed by atoms with Gasteiger partial charge in [0.15, 0.2) is 0 Å². The lowest BCUT2D eigenvalue weighted by atomic mass is 9.96. The molecule has 104 valence electrons. The Hall–Kier alpha value is -2.10. The highest BCUT2D eigenvalue weighted by atomic mass is 16.4. The second-order valence-corrected chi connectivity index (χ2v) is 5.45. The lowest BCUT2D eigenvalue weighted by Crippen LogP contribution is -2.22. The van der Waals surface area contributed by atoms with Crippen LogP contribution in [0.1, 0.15) is 41.4 Å². The Balaban J connectivity index is 1.89. The van der Waals surface area contributed by atoms with Gasteiger partial charge in [-0.2, -0.15) is 0 Å². The molecule has 1 atom stereocenters. The highest BCUT2D eigenvalue weighted by Crippen LogP contribution is 2.29. The van der Waals surface area contributed by atoms with Gasteiger partial charge in [0, 0.05) is 19.2 Å². The average Bonchev–Trinajstić information content (AvgIpc) is 2.84. The fourth-order valence-corrected chi connectivity index (χ4v) is 2.85. The summed E-state index contributed by atoms with van der Waals surface area (Å²) in [5, 5.41) is 9.27. The van der Waals surface area contributed by atoms with Gasteiger partial charge < -0.3 is 9.67 Å². The molecule has 0 bridgehead atoms. The zero-order valence-corrected chi connectivity index (χ0v) is 11.5. The number of aliphatic carboxylic acids is 1. The number of fused-ring (bicyclic) bond motifs is 1. The second kappa shape index (κ2) is 5.12. The maximum absolute atomic E-state index is 11.3. The number of rotatable bonds is 3. The van der Waals surface area contributed by atoms with Crippen molar-refractivity contribution in [2.45, 2.75) is 38.6 Å². The zero-order valence-electron chi connectivity index (χ0n) is 11.5. The number of hydrogen-bond acceptors (Lipinski definition) is 2. The van der Waals surface area contributed by atoms with Gasteiger partial charge in [0.25, 0.3) is 0 Å². The van der Waals surface area contributed by atoms with Gasteiger partial charge in [-0.05, 0) is 25.3 Å². The molecule has 1 aromatic heterocycles. The molecule has 4 heteroatoms. The minimum absolute atomic E-state index is 0.400. The van der Waals surface area contributed by atoms with E-state index < -0.39 is 11.9 Å². The highest BCUT2D eigenvalue weighted by Gasteiger charge is 2.28.